The van der Waals surface area contributed by atoms with Gasteiger partial charge >= 0.3 is 0 Å². The fourth-order valence-electron chi connectivity index (χ4n) is 1.83. The molecule has 0 radical (unpaired) electrons. The Balaban J connectivity index is 2.03. The molecule has 0 aromatic carbocycles. The minimum atomic E-state index is -0.0122. The lowest BCUT2D eigenvalue weighted by molar-refractivity contribution is -0.122. The van der Waals surface area contributed by atoms with Crippen LogP contribution in [-0.4, -0.2) is 37.5 Å². The Bertz CT molecular complexity index is 237. The molecule has 5 nitrogen and oxygen atoms in total. The number of rotatable bonds is 6. The average Bonchev–Trinajstić information content (AvgIpc) is 2.70. The molecule has 2 amide bonds. The van der Waals surface area contributed by atoms with Crippen molar-refractivity contribution in [1.29, 1.82) is 0 Å². The Morgan fingerprint density at radius 2 is 2.12 bits per heavy atom. The quantitative estimate of drug-likeness (QED) is 0.587. The molecule has 5 heteroatoms. The Morgan fingerprint density at radius 1 is 1.31 bits per heavy atom. The maximum Gasteiger partial charge on any atom is 0.221 e. The van der Waals surface area contributed by atoms with Crippen LogP contribution in [0.3, 0.4) is 0 Å². The summed E-state index contributed by atoms with van der Waals surface area (Å²) in [6, 6.07) is 0.324. The molecule has 0 aliphatic carbocycles. The van der Waals surface area contributed by atoms with Crippen molar-refractivity contribution >= 4 is 11.8 Å². The predicted octanol–water partition coefficient (Wildman–Crippen LogP) is -0.229. The van der Waals surface area contributed by atoms with Crippen molar-refractivity contribution in [2.24, 2.45) is 0 Å². The zero-order chi connectivity index (χ0) is 11.8. The third-order valence-electron chi connectivity index (χ3n) is 2.64. The largest absolute Gasteiger partial charge is 0.356 e. The van der Waals surface area contributed by atoms with E-state index < -0.39 is 0 Å². The van der Waals surface area contributed by atoms with Crippen LogP contribution in [0.1, 0.15) is 32.6 Å². The SMILES string of the molecule is CCNC(=O)CCNC(=O)CC1CCCN1. The fraction of sp³-hybridized carbons (Fsp3) is 0.818. The molecule has 1 fully saturated rings. The van der Waals surface area contributed by atoms with Crippen molar-refractivity contribution in [2.75, 3.05) is 19.6 Å². The highest BCUT2D eigenvalue weighted by atomic mass is 16.2. The molecule has 16 heavy (non-hydrogen) atoms. The second-order valence-corrected chi connectivity index (χ2v) is 4.05. The van der Waals surface area contributed by atoms with Crippen molar-refractivity contribution in [3.05, 3.63) is 0 Å². The normalized spacial score (nSPS) is 19.4. The first-order valence-corrected chi connectivity index (χ1v) is 5.99. The molecule has 0 bridgehead atoms. The number of carbonyl (C=O) groups excluding carboxylic acids is 2. The highest BCUT2D eigenvalue weighted by molar-refractivity contribution is 5.79. The van der Waals surface area contributed by atoms with Crippen molar-refractivity contribution in [2.45, 2.75) is 38.6 Å². The molecule has 1 rings (SSSR count). The minimum absolute atomic E-state index is 0.0122. The average molecular weight is 227 g/mol. The number of nitrogens with one attached hydrogen (secondary N) is 3. The molecular weight excluding hydrogens is 206 g/mol. The summed E-state index contributed by atoms with van der Waals surface area (Å²) >= 11 is 0. The van der Waals surface area contributed by atoms with E-state index in [1.807, 2.05) is 6.92 Å². The van der Waals surface area contributed by atoms with Gasteiger partial charge in [0.15, 0.2) is 0 Å². The molecule has 3 N–H and O–H groups in total. The zero-order valence-corrected chi connectivity index (χ0v) is 9.84. The van der Waals surface area contributed by atoms with Crippen LogP contribution in [0.25, 0.3) is 0 Å². The van der Waals surface area contributed by atoms with Gasteiger partial charge in [0.05, 0.1) is 0 Å². The number of carbonyl (C=O) groups is 2. The summed E-state index contributed by atoms with van der Waals surface area (Å²) in [6.07, 6.45) is 3.10. The van der Waals surface area contributed by atoms with Gasteiger partial charge in [-0.15, -0.1) is 0 Å². The van der Waals surface area contributed by atoms with Gasteiger partial charge in [-0.3, -0.25) is 9.59 Å². The molecule has 0 aromatic heterocycles. The third-order valence-corrected chi connectivity index (χ3v) is 2.64. The van der Waals surface area contributed by atoms with Gasteiger partial charge < -0.3 is 16.0 Å². The van der Waals surface area contributed by atoms with E-state index >= 15 is 0 Å². The van der Waals surface area contributed by atoms with Gasteiger partial charge in [-0.1, -0.05) is 0 Å². The van der Waals surface area contributed by atoms with Crippen LogP contribution in [0.2, 0.25) is 0 Å². The summed E-state index contributed by atoms with van der Waals surface area (Å²) in [4.78, 5) is 22.5. The van der Waals surface area contributed by atoms with Crippen molar-refractivity contribution in [3.8, 4) is 0 Å². The van der Waals surface area contributed by atoms with Crippen LogP contribution in [0.5, 0.6) is 0 Å². The Kier molecular flexibility index (Phi) is 5.85. The van der Waals surface area contributed by atoms with E-state index in [2.05, 4.69) is 16.0 Å². The van der Waals surface area contributed by atoms with E-state index in [9.17, 15) is 9.59 Å². The second kappa shape index (κ2) is 7.22. The van der Waals surface area contributed by atoms with Crippen LogP contribution in [0, 0.1) is 0 Å². The van der Waals surface area contributed by atoms with E-state index in [0.717, 1.165) is 19.4 Å². The molecule has 92 valence electrons. The smallest absolute Gasteiger partial charge is 0.221 e. The Morgan fingerprint density at radius 3 is 2.75 bits per heavy atom. The summed E-state index contributed by atoms with van der Waals surface area (Å²) in [6.45, 7) is 3.95. The standard InChI is InChI=1S/C11H21N3O2/c1-2-12-10(15)5-7-14-11(16)8-9-4-3-6-13-9/h9,13H,2-8H2,1H3,(H,12,15)(H,14,16). The third kappa shape index (κ3) is 5.11. The topological polar surface area (TPSA) is 70.2 Å². The first-order valence-electron chi connectivity index (χ1n) is 5.99. The summed E-state index contributed by atoms with van der Waals surface area (Å²) in [5.41, 5.74) is 0. The lowest BCUT2D eigenvalue weighted by Crippen LogP contribution is -2.34. The van der Waals surface area contributed by atoms with E-state index in [1.165, 1.54) is 0 Å². The van der Waals surface area contributed by atoms with Crippen molar-refractivity contribution in [3.63, 3.8) is 0 Å². The number of amides is 2. The second-order valence-electron chi connectivity index (χ2n) is 4.05. The molecule has 1 heterocycles. The maximum absolute atomic E-state index is 11.5. The Hall–Kier alpha value is -1.10. The van der Waals surface area contributed by atoms with Crippen LogP contribution in [-0.2, 0) is 9.59 Å². The van der Waals surface area contributed by atoms with Gasteiger partial charge in [0, 0.05) is 32.0 Å². The maximum atomic E-state index is 11.5. The molecule has 1 saturated heterocycles. The fourth-order valence-corrected chi connectivity index (χ4v) is 1.83. The van der Waals surface area contributed by atoms with Crippen LogP contribution in [0.4, 0.5) is 0 Å². The molecule has 1 aliphatic heterocycles. The monoisotopic (exact) mass is 227 g/mol. The number of hydrogen-bond donors (Lipinski definition) is 3. The van der Waals surface area contributed by atoms with Gasteiger partial charge in [0.2, 0.25) is 11.8 Å². The van der Waals surface area contributed by atoms with Crippen molar-refractivity contribution in [1.82, 2.24) is 16.0 Å². The van der Waals surface area contributed by atoms with Crippen molar-refractivity contribution < 1.29 is 9.59 Å². The predicted molar refractivity (Wildman–Crippen MR) is 62.0 cm³/mol. The van der Waals surface area contributed by atoms with Gasteiger partial charge in [-0.25, -0.2) is 0 Å². The van der Waals surface area contributed by atoms with Gasteiger partial charge in [0.25, 0.3) is 0 Å². The molecule has 0 saturated carbocycles. The molecular formula is C11H21N3O2. The highest BCUT2D eigenvalue weighted by Gasteiger charge is 2.17. The molecule has 1 unspecified atom stereocenters. The summed E-state index contributed by atoms with van der Waals surface area (Å²) in [7, 11) is 0. The van der Waals surface area contributed by atoms with E-state index in [0.29, 0.717) is 32.0 Å². The van der Waals surface area contributed by atoms with Gasteiger partial charge in [0.1, 0.15) is 0 Å². The van der Waals surface area contributed by atoms with Gasteiger partial charge in [-0.2, -0.15) is 0 Å². The molecule has 1 aliphatic rings. The zero-order valence-electron chi connectivity index (χ0n) is 9.84. The first kappa shape index (κ1) is 13.0. The molecule has 0 aromatic rings. The summed E-state index contributed by atoms with van der Waals surface area (Å²) < 4.78 is 0. The number of hydrogen-bond acceptors (Lipinski definition) is 3. The van der Waals surface area contributed by atoms with Crippen LogP contribution in [0.15, 0.2) is 0 Å². The van der Waals surface area contributed by atoms with E-state index in [4.69, 9.17) is 0 Å². The van der Waals surface area contributed by atoms with E-state index in [-0.39, 0.29) is 11.8 Å². The van der Waals surface area contributed by atoms with E-state index in [1.54, 1.807) is 0 Å². The lowest BCUT2D eigenvalue weighted by Gasteiger charge is -2.10. The Labute approximate surface area is 96.4 Å². The summed E-state index contributed by atoms with van der Waals surface area (Å²) in [5, 5.41) is 8.72. The summed E-state index contributed by atoms with van der Waals surface area (Å²) in [5.74, 6) is 0.0190. The molecule has 1 atom stereocenters. The highest BCUT2D eigenvalue weighted by Crippen LogP contribution is 2.07. The van der Waals surface area contributed by atoms with Crippen LogP contribution >= 0.6 is 0 Å². The first-order chi connectivity index (χ1) is 7.72. The molecule has 0 spiro atoms. The van der Waals surface area contributed by atoms with Gasteiger partial charge in [-0.05, 0) is 26.3 Å². The minimum Gasteiger partial charge on any atom is -0.356 e. The lowest BCUT2D eigenvalue weighted by atomic mass is 10.1. The van der Waals surface area contributed by atoms with Crippen LogP contribution < -0.4 is 16.0 Å².